The molecule has 0 aromatic carbocycles. The standard InChI is InChI=1S/C16H23N9OS/c1-10-13(7-22-25(9-26)8-12(19)6-21-20)15-16(24(10)2)23-14(27-15)5-11(18)3-4-17/h3-4,6-7,9,17,21H,5,8,18-20H2,1-2H3/b11-3?,12-6-,17-4?,22-7-. The Bertz CT molecular complexity index is 922. The van der Waals surface area contributed by atoms with Crippen LogP contribution in [0.5, 0.6) is 0 Å². The van der Waals surface area contributed by atoms with E-state index in [-0.39, 0.29) is 6.54 Å². The van der Waals surface area contributed by atoms with Crippen molar-refractivity contribution >= 4 is 40.5 Å². The Balaban J connectivity index is 2.33. The Morgan fingerprint density at radius 2 is 2.19 bits per heavy atom. The van der Waals surface area contributed by atoms with E-state index < -0.39 is 0 Å². The minimum absolute atomic E-state index is 0.109. The number of hydrogen-bond donors (Lipinski definition) is 5. The van der Waals surface area contributed by atoms with E-state index >= 15 is 0 Å². The molecule has 0 aliphatic rings. The van der Waals surface area contributed by atoms with E-state index in [9.17, 15) is 4.79 Å². The highest BCUT2D eigenvalue weighted by atomic mass is 32.1. The number of rotatable bonds is 9. The van der Waals surface area contributed by atoms with Crippen molar-refractivity contribution in [1.29, 1.82) is 5.41 Å². The zero-order chi connectivity index (χ0) is 20.0. The van der Waals surface area contributed by atoms with Gasteiger partial charge in [0.15, 0.2) is 5.65 Å². The predicted octanol–water partition coefficient (Wildman–Crippen LogP) is 0.0336. The quantitative estimate of drug-likeness (QED) is 0.176. The number of fused-ring (bicyclic) bond motifs is 1. The van der Waals surface area contributed by atoms with Gasteiger partial charge in [-0.3, -0.25) is 10.6 Å². The molecule has 27 heavy (non-hydrogen) atoms. The van der Waals surface area contributed by atoms with Crippen LogP contribution in [0.15, 0.2) is 28.8 Å². The maximum Gasteiger partial charge on any atom is 0.230 e. The number of carbonyl (C=O) groups excluding carboxylic acids is 1. The van der Waals surface area contributed by atoms with Gasteiger partial charge >= 0.3 is 0 Å². The van der Waals surface area contributed by atoms with Gasteiger partial charge in [0.2, 0.25) is 6.41 Å². The van der Waals surface area contributed by atoms with E-state index in [1.165, 1.54) is 28.6 Å². The number of hydrogen-bond acceptors (Lipinski definition) is 9. The number of nitrogens with one attached hydrogen (secondary N) is 2. The van der Waals surface area contributed by atoms with Gasteiger partial charge in [0.1, 0.15) is 5.01 Å². The molecule has 0 fully saturated rings. The second-order valence-corrected chi connectivity index (χ2v) is 6.82. The minimum atomic E-state index is 0.109. The summed E-state index contributed by atoms with van der Waals surface area (Å²) in [7, 11) is 1.92. The zero-order valence-electron chi connectivity index (χ0n) is 15.1. The number of carbonyl (C=O) groups is 1. The highest BCUT2D eigenvalue weighted by Gasteiger charge is 2.16. The van der Waals surface area contributed by atoms with E-state index in [0.29, 0.717) is 24.2 Å². The van der Waals surface area contributed by atoms with Gasteiger partial charge in [-0.05, 0) is 13.0 Å². The molecule has 0 unspecified atom stereocenters. The van der Waals surface area contributed by atoms with Gasteiger partial charge in [-0.25, -0.2) is 9.99 Å². The molecule has 8 N–H and O–H groups in total. The van der Waals surface area contributed by atoms with E-state index in [0.717, 1.165) is 32.8 Å². The fourth-order valence-electron chi connectivity index (χ4n) is 2.41. The summed E-state index contributed by atoms with van der Waals surface area (Å²) in [6, 6.07) is 0. The predicted molar refractivity (Wildman–Crippen MR) is 108 cm³/mol. The van der Waals surface area contributed by atoms with Crippen molar-refractivity contribution in [3.8, 4) is 0 Å². The SMILES string of the molecule is Cc1c(/C=N\N(C=O)C/C(N)=C/NN)c2sc(CC(N)=CC=N)nc2n1C. The van der Waals surface area contributed by atoms with Crippen LogP contribution in [0.25, 0.3) is 10.3 Å². The van der Waals surface area contributed by atoms with Crippen molar-refractivity contribution in [2.24, 2.45) is 29.5 Å². The molecule has 2 rings (SSSR count). The van der Waals surface area contributed by atoms with Gasteiger partial charge in [0, 0.05) is 48.5 Å². The van der Waals surface area contributed by atoms with Crippen LogP contribution in [0.3, 0.4) is 0 Å². The number of hydrazine groups is 1. The van der Waals surface area contributed by atoms with Gasteiger partial charge in [0.25, 0.3) is 0 Å². The van der Waals surface area contributed by atoms with Crippen molar-refractivity contribution in [2.45, 2.75) is 13.3 Å². The fourth-order valence-corrected chi connectivity index (χ4v) is 3.60. The number of aromatic nitrogens is 2. The van der Waals surface area contributed by atoms with Crippen LogP contribution in [-0.4, -0.2) is 39.9 Å². The molecule has 0 radical (unpaired) electrons. The van der Waals surface area contributed by atoms with Crippen molar-refractivity contribution in [1.82, 2.24) is 20.0 Å². The van der Waals surface area contributed by atoms with Crippen LogP contribution in [-0.2, 0) is 18.3 Å². The number of aryl methyl sites for hydroxylation is 1. The third-order valence-corrected chi connectivity index (χ3v) is 4.91. The Labute approximate surface area is 160 Å². The summed E-state index contributed by atoms with van der Waals surface area (Å²) in [4.78, 5) is 15.9. The van der Waals surface area contributed by atoms with E-state index in [1.807, 2.05) is 18.5 Å². The summed E-state index contributed by atoms with van der Waals surface area (Å²) in [5.41, 5.74) is 17.5. The molecule has 0 aliphatic heterocycles. The second kappa shape index (κ2) is 8.96. The molecule has 10 nitrogen and oxygen atoms in total. The van der Waals surface area contributed by atoms with Crippen LogP contribution < -0.4 is 22.7 Å². The molecule has 11 heteroatoms. The van der Waals surface area contributed by atoms with E-state index in [2.05, 4.69) is 15.5 Å². The van der Waals surface area contributed by atoms with Gasteiger partial charge < -0.3 is 26.9 Å². The fraction of sp³-hybridized carbons (Fsp3) is 0.250. The van der Waals surface area contributed by atoms with Crippen LogP contribution in [0.4, 0.5) is 0 Å². The second-order valence-electron chi connectivity index (χ2n) is 5.74. The number of thiazole rings is 1. The average Bonchev–Trinajstić information content (AvgIpc) is 3.11. The highest BCUT2D eigenvalue weighted by molar-refractivity contribution is 7.19. The van der Waals surface area contributed by atoms with Crippen LogP contribution in [0, 0.1) is 12.3 Å². The lowest BCUT2D eigenvalue weighted by Crippen LogP contribution is -2.25. The van der Waals surface area contributed by atoms with Crippen LogP contribution in [0.1, 0.15) is 16.3 Å². The first-order valence-electron chi connectivity index (χ1n) is 7.97. The Morgan fingerprint density at radius 1 is 1.44 bits per heavy atom. The topological polar surface area (TPSA) is 164 Å². The molecule has 0 aliphatic carbocycles. The number of nitrogens with zero attached hydrogens (tertiary/aromatic N) is 4. The van der Waals surface area contributed by atoms with Crippen molar-refractivity contribution in [3.05, 3.63) is 39.9 Å². The average molecular weight is 389 g/mol. The Kier molecular flexibility index (Phi) is 6.68. The van der Waals surface area contributed by atoms with E-state index in [4.69, 9.17) is 22.7 Å². The monoisotopic (exact) mass is 389 g/mol. The first kappa shape index (κ1) is 20.1. The summed E-state index contributed by atoms with van der Waals surface area (Å²) in [5.74, 6) is 5.17. The summed E-state index contributed by atoms with van der Waals surface area (Å²) < 4.78 is 2.92. The molecule has 0 spiro atoms. The van der Waals surface area contributed by atoms with Gasteiger partial charge in [-0.15, -0.1) is 11.3 Å². The lowest BCUT2D eigenvalue weighted by atomic mass is 10.3. The number of hydrazone groups is 1. The first-order chi connectivity index (χ1) is 12.9. The van der Waals surface area contributed by atoms with Crippen LogP contribution >= 0.6 is 11.3 Å². The maximum atomic E-state index is 11.2. The Morgan fingerprint density at radius 3 is 2.81 bits per heavy atom. The van der Waals surface area contributed by atoms with Crippen molar-refractivity contribution in [3.63, 3.8) is 0 Å². The smallest absolute Gasteiger partial charge is 0.230 e. The Hall–Kier alpha value is -3.18. The lowest BCUT2D eigenvalue weighted by Gasteiger charge is -2.10. The van der Waals surface area contributed by atoms with Gasteiger partial charge in [0.05, 0.1) is 17.5 Å². The summed E-state index contributed by atoms with van der Waals surface area (Å²) >= 11 is 1.51. The van der Waals surface area contributed by atoms with E-state index in [1.54, 1.807) is 6.21 Å². The molecule has 0 saturated heterocycles. The molecule has 0 saturated carbocycles. The minimum Gasteiger partial charge on any atom is -0.402 e. The number of allylic oxidation sites excluding steroid dienone is 2. The van der Waals surface area contributed by atoms with Crippen molar-refractivity contribution in [2.75, 3.05) is 6.54 Å². The van der Waals surface area contributed by atoms with Crippen molar-refractivity contribution < 1.29 is 4.79 Å². The number of amides is 1. The molecule has 0 atom stereocenters. The van der Waals surface area contributed by atoms with Gasteiger partial charge in [-0.2, -0.15) is 5.10 Å². The lowest BCUT2D eigenvalue weighted by molar-refractivity contribution is -0.117. The molecular formula is C16H23N9OS. The molecule has 2 heterocycles. The summed E-state index contributed by atoms with van der Waals surface area (Å²) in [6.07, 6.45) is 6.75. The molecule has 2 aromatic rings. The normalized spacial score (nSPS) is 12.7. The molecule has 144 valence electrons. The number of nitrogens with two attached hydrogens (primary N) is 3. The molecule has 2 aromatic heterocycles. The maximum absolute atomic E-state index is 11.2. The highest BCUT2D eigenvalue weighted by Crippen LogP contribution is 2.30. The van der Waals surface area contributed by atoms with Gasteiger partial charge in [-0.1, -0.05) is 0 Å². The molecule has 0 bridgehead atoms. The first-order valence-corrected chi connectivity index (χ1v) is 8.79. The largest absolute Gasteiger partial charge is 0.402 e. The molecular weight excluding hydrogens is 366 g/mol. The zero-order valence-corrected chi connectivity index (χ0v) is 16.0. The third-order valence-electron chi connectivity index (χ3n) is 3.83. The van der Waals surface area contributed by atoms with Crippen LogP contribution in [0.2, 0.25) is 0 Å². The molecule has 1 amide bonds. The summed E-state index contributed by atoms with van der Waals surface area (Å²) in [5, 5.41) is 13.3. The summed E-state index contributed by atoms with van der Waals surface area (Å²) in [6.45, 7) is 2.06. The third kappa shape index (κ3) is 4.71.